The summed E-state index contributed by atoms with van der Waals surface area (Å²) in [4.78, 5) is 12.0. The maximum atomic E-state index is 12.6. The Hall–Kier alpha value is -2.36. The van der Waals surface area contributed by atoms with Crippen LogP contribution in [-0.2, 0) is 19.3 Å². The van der Waals surface area contributed by atoms with Crippen molar-refractivity contribution in [2.24, 2.45) is 4.99 Å². The first-order chi connectivity index (χ1) is 13.4. The van der Waals surface area contributed by atoms with Crippen LogP contribution < -0.4 is 15.4 Å². The number of hydrogen-bond acceptors (Lipinski definition) is 5. The minimum Gasteiger partial charge on any atom is -0.474 e. The third-order valence-corrected chi connectivity index (χ3v) is 5.17. The number of nitrogens with one attached hydrogen (secondary N) is 2. The normalized spacial score (nSPS) is 15.6. The van der Waals surface area contributed by atoms with Crippen molar-refractivity contribution in [2.75, 3.05) is 7.05 Å². The molecule has 0 amide bonds. The van der Waals surface area contributed by atoms with E-state index in [2.05, 4.69) is 25.6 Å². The molecule has 0 aliphatic heterocycles. The van der Waals surface area contributed by atoms with Crippen LogP contribution in [0.3, 0.4) is 0 Å². The zero-order valence-corrected chi connectivity index (χ0v) is 16.2. The number of ether oxygens (including phenoxy) is 1. The molecule has 0 atom stereocenters. The average Bonchev–Trinajstić information content (AvgIpc) is 3.35. The van der Waals surface area contributed by atoms with Crippen LogP contribution in [0.5, 0.6) is 5.88 Å². The Bertz CT molecular complexity index is 785. The molecule has 1 fully saturated rings. The van der Waals surface area contributed by atoms with Crippen LogP contribution >= 0.6 is 11.3 Å². The smallest absolute Gasteiger partial charge is 0.434 e. The van der Waals surface area contributed by atoms with Crippen molar-refractivity contribution in [3.05, 3.63) is 40.0 Å². The number of alkyl halides is 3. The first-order valence-electron chi connectivity index (χ1n) is 9.02. The fourth-order valence-corrected chi connectivity index (χ4v) is 3.59. The van der Waals surface area contributed by atoms with Gasteiger partial charge in [0.2, 0.25) is 5.88 Å². The first kappa shape index (κ1) is 20.4. The minimum absolute atomic E-state index is 0.160. The lowest BCUT2D eigenvalue weighted by Crippen LogP contribution is -2.36. The van der Waals surface area contributed by atoms with Crippen molar-refractivity contribution in [3.8, 4) is 5.88 Å². The van der Waals surface area contributed by atoms with Crippen molar-refractivity contribution < 1.29 is 17.9 Å². The van der Waals surface area contributed by atoms with Gasteiger partial charge in [-0.25, -0.2) is 9.97 Å². The van der Waals surface area contributed by atoms with Gasteiger partial charge in [0, 0.05) is 31.2 Å². The second-order valence-electron chi connectivity index (χ2n) is 6.43. The molecule has 3 rings (SSSR count). The highest BCUT2D eigenvalue weighted by molar-refractivity contribution is 7.09. The zero-order valence-electron chi connectivity index (χ0n) is 15.4. The van der Waals surface area contributed by atoms with E-state index in [1.807, 2.05) is 12.1 Å². The Morgan fingerprint density at radius 1 is 1.25 bits per heavy atom. The van der Waals surface area contributed by atoms with Gasteiger partial charge in [-0.05, 0) is 31.2 Å². The molecule has 6 nitrogen and oxygen atoms in total. The molecular weight excluding hydrogens is 391 g/mol. The van der Waals surface area contributed by atoms with Gasteiger partial charge in [-0.15, -0.1) is 11.3 Å². The predicted molar refractivity (Wildman–Crippen MR) is 101 cm³/mol. The summed E-state index contributed by atoms with van der Waals surface area (Å²) in [6.07, 6.45) is 2.15. The highest BCUT2D eigenvalue weighted by atomic mass is 32.1. The van der Waals surface area contributed by atoms with Gasteiger partial charge >= 0.3 is 6.18 Å². The minimum atomic E-state index is -4.42. The van der Waals surface area contributed by atoms with Gasteiger partial charge in [-0.3, -0.25) is 4.99 Å². The molecule has 0 unspecified atom stereocenters. The van der Waals surface area contributed by atoms with Crippen LogP contribution in [0, 0.1) is 0 Å². The van der Waals surface area contributed by atoms with Crippen LogP contribution in [0.25, 0.3) is 0 Å². The van der Waals surface area contributed by atoms with E-state index in [9.17, 15) is 13.2 Å². The van der Waals surface area contributed by atoms with Gasteiger partial charge in [-0.1, -0.05) is 6.07 Å². The van der Waals surface area contributed by atoms with E-state index in [-0.39, 0.29) is 12.6 Å². The summed E-state index contributed by atoms with van der Waals surface area (Å²) >= 11 is 0.957. The van der Waals surface area contributed by atoms with Crippen molar-refractivity contribution in [3.63, 3.8) is 0 Å². The maximum absolute atomic E-state index is 12.6. The van der Waals surface area contributed by atoms with Crippen LogP contribution in [0.15, 0.2) is 28.7 Å². The third-order valence-electron chi connectivity index (χ3n) is 4.32. The molecule has 28 heavy (non-hydrogen) atoms. The Morgan fingerprint density at radius 2 is 2.00 bits per heavy atom. The van der Waals surface area contributed by atoms with Crippen molar-refractivity contribution in [1.29, 1.82) is 0 Å². The van der Waals surface area contributed by atoms with Crippen LogP contribution in [0.4, 0.5) is 13.2 Å². The average molecular weight is 413 g/mol. The number of aliphatic imine (C=N–C) groups is 1. The van der Waals surface area contributed by atoms with Gasteiger partial charge in [0.1, 0.15) is 11.1 Å². The monoisotopic (exact) mass is 413 g/mol. The fourth-order valence-electron chi connectivity index (χ4n) is 2.85. The van der Waals surface area contributed by atoms with Gasteiger partial charge in [0.05, 0.1) is 6.54 Å². The molecule has 152 valence electrons. The zero-order chi connectivity index (χ0) is 20.0. The lowest BCUT2D eigenvalue weighted by molar-refractivity contribution is -0.140. The molecular formula is C18H22F3N5OS. The van der Waals surface area contributed by atoms with E-state index >= 15 is 0 Å². The number of aromatic nitrogens is 2. The number of pyridine rings is 1. The van der Waals surface area contributed by atoms with E-state index in [1.54, 1.807) is 13.2 Å². The lowest BCUT2D eigenvalue weighted by Gasteiger charge is -2.13. The molecule has 2 heterocycles. The van der Waals surface area contributed by atoms with Gasteiger partial charge in [0.15, 0.2) is 11.7 Å². The number of nitrogens with zero attached hydrogens (tertiary/aromatic N) is 3. The van der Waals surface area contributed by atoms with E-state index in [0.29, 0.717) is 23.4 Å². The summed E-state index contributed by atoms with van der Waals surface area (Å²) in [7, 11) is 1.59. The highest BCUT2D eigenvalue weighted by Gasteiger charge is 2.33. The molecule has 1 aliphatic carbocycles. The molecule has 0 radical (unpaired) electrons. The topological polar surface area (TPSA) is 71.4 Å². The van der Waals surface area contributed by atoms with Gasteiger partial charge in [0.25, 0.3) is 0 Å². The van der Waals surface area contributed by atoms with E-state index in [0.717, 1.165) is 35.1 Å². The molecule has 0 bridgehead atoms. The first-order valence-corrected chi connectivity index (χ1v) is 9.89. The number of thiazole rings is 1. The summed E-state index contributed by atoms with van der Waals surface area (Å²) in [6.45, 7) is 0.634. The van der Waals surface area contributed by atoms with Crippen molar-refractivity contribution in [1.82, 2.24) is 20.6 Å². The number of rotatable bonds is 6. The molecule has 10 heteroatoms. The van der Waals surface area contributed by atoms with Crippen LogP contribution in [0.1, 0.15) is 41.9 Å². The summed E-state index contributed by atoms with van der Waals surface area (Å²) in [5.41, 5.74) is 0.0681. The molecule has 1 aliphatic rings. The molecule has 0 saturated heterocycles. The molecule has 2 aromatic rings. The van der Waals surface area contributed by atoms with Crippen LogP contribution in [0.2, 0.25) is 0 Å². The lowest BCUT2D eigenvalue weighted by atomic mass is 10.3. The van der Waals surface area contributed by atoms with Gasteiger partial charge in [-0.2, -0.15) is 13.2 Å². The van der Waals surface area contributed by atoms with Gasteiger partial charge < -0.3 is 15.4 Å². The Kier molecular flexibility index (Phi) is 6.71. The molecule has 0 aromatic carbocycles. The Morgan fingerprint density at radius 3 is 2.61 bits per heavy atom. The number of halogens is 3. The number of guanidine groups is 1. The van der Waals surface area contributed by atoms with Crippen molar-refractivity contribution in [2.45, 2.75) is 51.1 Å². The Labute approximate surface area is 165 Å². The second kappa shape index (κ2) is 9.22. The molecule has 2 N–H and O–H groups in total. The summed E-state index contributed by atoms with van der Waals surface area (Å²) in [6, 6.07) is 3.77. The molecule has 0 spiro atoms. The van der Waals surface area contributed by atoms with Crippen molar-refractivity contribution >= 4 is 17.3 Å². The standard InChI is InChI=1S/C18H22F3N5OS/c1-22-17(25-10-16-26-14(11-28-16)18(19,20)21)24-9-12-6-7-15(23-8-12)27-13-4-2-3-5-13/h6-8,11,13H,2-5,9-10H2,1H3,(H2,22,24,25). The van der Waals surface area contributed by atoms with E-state index < -0.39 is 11.9 Å². The summed E-state index contributed by atoms with van der Waals surface area (Å²) < 4.78 is 43.6. The molecule has 2 aromatic heterocycles. The predicted octanol–water partition coefficient (Wildman–Crippen LogP) is 3.74. The largest absolute Gasteiger partial charge is 0.474 e. The summed E-state index contributed by atoms with van der Waals surface area (Å²) in [5.74, 6) is 1.09. The highest BCUT2D eigenvalue weighted by Crippen LogP contribution is 2.29. The number of hydrogen-bond donors (Lipinski definition) is 2. The molecule has 1 saturated carbocycles. The van der Waals surface area contributed by atoms with E-state index in [4.69, 9.17) is 4.74 Å². The maximum Gasteiger partial charge on any atom is 0.434 e. The van der Waals surface area contributed by atoms with E-state index in [1.165, 1.54) is 12.8 Å². The quantitative estimate of drug-likeness (QED) is 0.558. The Balaban J connectivity index is 1.45. The second-order valence-corrected chi connectivity index (χ2v) is 7.38. The fraction of sp³-hybridized carbons (Fsp3) is 0.500. The third kappa shape index (κ3) is 5.82. The summed E-state index contributed by atoms with van der Waals surface area (Å²) in [5, 5.41) is 7.40. The SMILES string of the molecule is CN=C(NCc1ccc(OC2CCCC2)nc1)NCc1nc(C(F)(F)F)cs1. The van der Waals surface area contributed by atoms with Crippen LogP contribution in [-0.4, -0.2) is 29.1 Å².